The minimum atomic E-state index is 0.0642. The van der Waals surface area contributed by atoms with Crippen molar-refractivity contribution in [3.05, 3.63) is 289 Å². The standard InChI is InChI=1S/C66H56N4/c1-4-22-55(23-5-1)68(64-31-28-49-16-10-13-19-52(49)46-64)61-40-34-58(35-41-61)67(59-36-42-62(43-37-59)69(56-24-6-2-7-25-56)65-32-29-50-17-11-14-20-53(50)47-65)60-38-44-63(45-39-60)70(57-26-8-3-9-27-57)66-33-30-51-18-12-15-21-54(51)48-66/h1-14,16-20,22-29,31-36,38-46,48,51,53,59H,15,21,30,37,47H2. The van der Waals surface area contributed by atoms with E-state index in [0.29, 0.717) is 11.8 Å². The van der Waals surface area contributed by atoms with E-state index in [0.717, 1.165) is 71.9 Å². The Morgan fingerprint density at radius 1 is 0.414 bits per heavy atom. The van der Waals surface area contributed by atoms with Crippen LogP contribution in [0.4, 0.5) is 45.5 Å². The van der Waals surface area contributed by atoms with E-state index in [1.165, 1.54) is 44.7 Å². The zero-order chi connectivity index (χ0) is 46.6. The Hall–Kier alpha value is -8.34. The van der Waals surface area contributed by atoms with Crippen LogP contribution >= 0.6 is 0 Å². The van der Waals surface area contributed by atoms with Crippen molar-refractivity contribution in [2.75, 3.05) is 19.6 Å². The van der Waals surface area contributed by atoms with E-state index < -0.39 is 0 Å². The van der Waals surface area contributed by atoms with Crippen LogP contribution in [0.5, 0.6) is 0 Å². The van der Waals surface area contributed by atoms with Crippen LogP contribution in [-0.4, -0.2) is 6.04 Å². The first-order valence-electron chi connectivity index (χ1n) is 25.0. The van der Waals surface area contributed by atoms with Crippen molar-refractivity contribution in [1.82, 2.24) is 0 Å². The average molecular weight is 905 g/mol. The molecule has 340 valence electrons. The minimum absolute atomic E-state index is 0.0642. The second kappa shape index (κ2) is 19.3. The number of para-hydroxylation sites is 3. The van der Waals surface area contributed by atoms with Crippen LogP contribution in [0, 0.1) is 11.8 Å². The quantitative estimate of drug-likeness (QED) is 0.113. The van der Waals surface area contributed by atoms with Crippen molar-refractivity contribution < 1.29 is 0 Å². The van der Waals surface area contributed by atoms with Gasteiger partial charge in [0.05, 0.1) is 6.04 Å². The van der Waals surface area contributed by atoms with Crippen LogP contribution in [-0.2, 0) is 0 Å². The predicted molar refractivity (Wildman–Crippen MR) is 296 cm³/mol. The fourth-order valence-corrected chi connectivity index (χ4v) is 10.9. The topological polar surface area (TPSA) is 13.0 Å². The van der Waals surface area contributed by atoms with Crippen LogP contribution in [0.15, 0.2) is 289 Å². The lowest BCUT2D eigenvalue weighted by atomic mass is 9.83. The summed E-state index contributed by atoms with van der Waals surface area (Å²) in [5, 5.41) is 2.45. The highest BCUT2D eigenvalue weighted by atomic mass is 15.2. The van der Waals surface area contributed by atoms with Crippen molar-refractivity contribution in [2.45, 2.75) is 38.1 Å². The summed E-state index contributed by atoms with van der Waals surface area (Å²) < 4.78 is 0. The number of nitrogens with zero attached hydrogens (tertiary/aromatic N) is 4. The van der Waals surface area contributed by atoms with Crippen LogP contribution < -0.4 is 19.6 Å². The molecule has 12 rings (SSSR count). The van der Waals surface area contributed by atoms with Gasteiger partial charge in [-0.3, -0.25) is 0 Å². The van der Waals surface area contributed by atoms with Gasteiger partial charge in [-0.15, -0.1) is 0 Å². The van der Waals surface area contributed by atoms with Gasteiger partial charge in [0.25, 0.3) is 0 Å². The largest absolute Gasteiger partial charge is 0.334 e. The fraction of sp³-hybridized carbons (Fsp3) is 0.121. The first-order valence-corrected chi connectivity index (χ1v) is 25.0. The van der Waals surface area contributed by atoms with Gasteiger partial charge < -0.3 is 19.6 Å². The predicted octanol–water partition coefficient (Wildman–Crippen LogP) is 17.4. The lowest BCUT2D eigenvalue weighted by Gasteiger charge is -2.37. The van der Waals surface area contributed by atoms with Gasteiger partial charge in [0.1, 0.15) is 0 Å². The molecule has 5 aliphatic carbocycles. The molecule has 0 amide bonds. The molecule has 4 nitrogen and oxygen atoms in total. The second-order valence-electron chi connectivity index (χ2n) is 18.8. The van der Waals surface area contributed by atoms with E-state index in [-0.39, 0.29) is 6.04 Å². The molecule has 0 fully saturated rings. The number of hydrogen-bond donors (Lipinski definition) is 0. The normalized spacial score (nSPS) is 18.9. The van der Waals surface area contributed by atoms with Gasteiger partial charge in [-0.05, 0) is 164 Å². The number of fused-ring (bicyclic) bond motifs is 3. The van der Waals surface area contributed by atoms with Crippen LogP contribution in [0.2, 0.25) is 0 Å². The van der Waals surface area contributed by atoms with Gasteiger partial charge in [0.2, 0.25) is 0 Å². The van der Waals surface area contributed by atoms with Crippen molar-refractivity contribution >= 4 is 56.3 Å². The Bertz CT molecular complexity index is 3300. The monoisotopic (exact) mass is 904 g/mol. The Labute approximate surface area is 413 Å². The average Bonchev–Trinajstić information content (AvgIpc) is 3.43. The number of anilines is 8. The summed E-state index contributed by atoms with van der Waals surface area (Å²) in [4.78, 5) is 9.78. The number of rotatable bonds is 12. The third-order valence-corrected chi connectivity index (χ3v) is 14.4. The molecule has 7 aromatic carbocycles. The molecule has 0 N–H and O–H groups in total. The van der Waals surface area contributed by atoms with Gasteiger partial charge in [-0.1, -0.05) is 151 Å². The third-order valence-electron chi connectivity index (χ3n) is 14.4. The SMILES string of the molecule is C1=CC2=CC=C(N(C3=CCC(N(c4ccc(N(C5=CCC6C=CCCC6=C5)c5ccccc5)cc4)c4ccc(N(c5ccccc5)c5ccc6ccccc6c5)cc4)C=C3)c3ccccc3)CC2C=C1. The molecular formula is C66H56N4. The zero-order valence-corrected chi connectivity index (χ0v) is 39.4. The molecule has 0 heterocycles. The highest BCUT2D eigenvalue weighted by Gasteiger charge is 2.28. The van der Waals surface area contributed by atoms with E-state index in [9.17, 15) is 0 Å². The number of hydrogen-bond acceptors (Lipinski definition) is 4. The van der Waals surface area contributed by atoms with E-state index >= 15 is 0 Å². The van der Waals surface area contributed by atoms with Crippen LogP contribution in [0.25, 0.3) is 10.8 Å². The molecule has 3 unspecified atom stereocenters. The Balaban J connectivity index is 0.916. The molecule has 0 radical (unpaired) electrons. The Morgan fingerprint density at radius 2 is 1.00 bits per heavy atom. The third kappa shape index (κ3) is 8.69. The molecule has 3 atom stereocenters. The summed E-state index contributed by atoms with van der Waals surface area (Å²) in [5.74, 6) is 0.890. The fourth-order valence-electron chi connectivity index (χ4n) is 10.9. The highest BCUT2D eigenvalue weighted by molar-refractivity contribution is 5.89. The van der Waals surface area contributed by atoms with E-state index in [2.05, 4.69) is 281 Å². The van der Waals surface area contributed by atoms with Crippen LogP contribution in [0.3, 0.4) is 0 Å². The lowest BCUT2D eigenvalue weighted by molar-refractivity contribution is 0.678. The maximum absolute atomic E-state index is 2.52. The van der Waals surface area contributed by atoms with E-state index in [1.807, 2.05) is 0 Å². The molecule has 70 heavy (non-hydrogen) atoms. The van der Waals surface area contributed by atoms with Gasteiger partial charge in [-0.2, -0.15) is 0 Å². The van der Waals surface area contributed by atoms with E-state index in [4.69, 9.17) is 0 Å². The summed E-state index contributed by atoms with van der Waals surface area (Å²) in [6.45, 7) is 0. The molecule has 0 saturated heterocycles. The second-order valence-corrected chi connectivity index (χ2v) is 18.8. The van der Waals surface area contributed by atoms with Crippen molar-refractivity contribution in [3.8, 4) is 0 Å². The maximum Gasteiger partial charge on any atom is 0.0561 e. The summed E-state index contributed by atoms with van der Waals surface area (Å²) in [6, 6.07) is 66.2. The highest BCUT2D eigenvalue weighted by Crippen LogP contribution is 2.43. The van der Waals surface area contributed by atoms with Crippen molar-refractivity contribution in [3.63, 3.8) is 0 Å². The molecule has 7 aromatic rings. The first kappa shape index (κ1) is 43.0. The molecular weight excluding hydrogens is 849 g/mol. The molecule has 0 aliphatic heterocycles. The van der Waals surface area contributed by atoms with Gasteiger partial charge >= 0.3 is 0 Å². The Kier molecular flexibility index (Phi) is 11.9. The van der Waals surface area contributed by atoms with E-state index in [1.54, 1.807) is 0 Å². The molecule has 0 bridgehead atoms. The first-order chi connectivity index (χ1) is 34.7. The van der Waals surface area contributed by atoms with Gasteiger partial charge in [0.15, 0.2) is 0 Å². The molecule has 0 aromatic heterocycles. The zero-order valence-electron chi connectivity index (χ0n) is 39.4. The summed E-state index contributed by atoms with van der Waals surface area (Å²) in [6.07, 6.45) is 35.4. The molecule has 0 spiro atoms. The molecule has 4 heteroatoms. The van der Waals surface area contributed by atoms with Gasteiger partial charge in [0, 0.05) is 74.4 Å². The summed E-state index contributed by atoms with van der Waals surface area (Å²) in [5.41, 5.74) is 15.8. The number of benzene rings is 7. The molecule has 5 aliphatic rings. The summed E-state index contributed by atoms with van der Waals surface area (Å²) >= 11 is 0. The van der Waals surface area contributed by atoms with Crippen molar-refractivity contribution in [2.24, 2.45) is 11.8 Å². The van der Waals surface area contributed by atoms with Crippen molar-refractivity contribution in [1.29, 1.82) is 0 Å². The minimum Gasteiger partial charge on any atom is -0.334 e. The number of allylic oxidation sites excluding steroid dienone is 14. The Morgan fingerprint density at radius 3 is 1.69 bits per heavy atom. The summed E-state index contributed by atoms with van der Waals surface area (Å²) in [7, 11) is 0. The maximum atomic E-state index is 2.52. The van der Waals surface area contributed by atoms with Gasteiger partial charge in [-0.25, -0.2) is 0 Å². The molecule has 0 saturated carbocycles. The smallest absolute Gasteiger partial charge is 0.0561 e. The van der Waals surface area contributed by atoms with Crippen LogP contribution in [0.1, 0.15) is 32.1 Å². The lowest BCUT2D eigenvalue weighted by Crippen LogP contribution is -2.32.